The Balaban J connectivity index is 2.20. The molecule has 0 spiro atoms. The molecule has 2 rings (SSSR count). The zero-order valence-electron chi connectivity index (χ0n) is 11.2. The molecule has 0 bridgehead atoms. The number of amides is 1. The minimum Gasteiger partial charge on any atom is -0.438 e. The molecule has 0 aliphatic heterocycles. The first-order valence-corrected chi connectivity index (χ1v) is 6.33. The molecule has 1 aromatic heterocycles. The number of anilines is 1. The van der Waals surface area contributed by atoms with E-state index in [1.165, 1.54) is 6.33 Å². The van der Waals surface area contributed by atoms with E-state index in [1.807, 2.05) is 0 Å². The number of nitrogens with two attached hydrogens (primary N) is 1. The highest BCUT2D eigenvalue weighted by Crippen LogP contribution is 2.24. The van der Waals surface area contributed by atoms with Gasteiger partial charge in [-0.15, -0.1) is 0 Å². The minimum absolute atomic E-state index is 0.314. The lowest BCUT2D eigenvalue weighted by molar-refractivity contribution is 0.0998. The number of carbonyl (C=O) groups excluding carboxylic acids is 1. The van der Waals surface area contributed by atoms with Crippen molar-refractivity contribution in [2.45, 2.75) is 13.3 Å². The summed E-state index contributed by atoms with van der Waals surface area (Å²) in [5.74, 6) is 0.861. The normalized spacial score (nSPS) is 10.1. The first kappa shape index (κ1) is 13.8. The Morgan fingerprint density at radius 1 is 1.35 bits per heavy atom. The van der Waals surface area contributed by atoms with Gasteiger partial charge in [0.2, 0.25) is 5.88 Å². The van der Waals surface area contributed by atoms with Crippen LogP contribution in [0.25, 0.3) is 0 Å². The number of carbonyl (C=O) groups is 1. The molecule has 0 atom stereocenters. The summed E-state index contributed by atoms with van der Waals surface area (Å²) in [6.07, 6.45) is 2.39. The summed E-state index contributed by atoms with van der Waals surface area (Å²) in [4.78, 5) is 19.4. The van der Waals surface area contributed by atoms with Gasteiger partial charge in [-0.1, -0.05) is 19.1 Å². The highest BCUT2D eigenvalue weighted by atomic mass is 16.5. The van der Waals surface area contributed by atoms with Crippen LogP contribution in [0.3, 0.4) is 0 Å². The number of hydrogen-bond donors (Lipinski definition) is 2. The summed E-state index contributed by atoms with van der Waals surface area (Å²) >= 11 is 0. The molecule has 0 fully saturated rings. The lowest BCUT2D eigenvalue weighted by Gasteiger charge is -2.09. The summed E-state index contributed by atoms with van der Waals surface area (Å²) in [5.41, 5.74) is 5.61. The van der Waals surface area contributed by atoms with E-state index in [-0.39, 0.29) is 0 Å². The third kappa shape index (κ3) is 3.44. The van der Waals surface area contributed by atoms with Crippen LogP contribution in [0.15, 0.2) is 36.7 Å². The molecule has 0 saturated heterocycles. The monoisotopic (exact) mass is 272 g/mol. The predicted octanol–water partition coefficient (Wildman–Crippen LogP) is 2.19. The number of para-hydroxylation sites is 1. The first-order valence-electron chi connectivity index (χ1n) is 6.33. The Kier molecular flexibility index (Phi) is 4.49. The number of rotatable bonds is 6. The molecular weight excluding hydrogens is 256 g/mol. The number of nitrogens with one attached hydrogen (secondary N) is 1. The SMILES string of the molecule is CCCNc1cc(Oc2ccccc2C(N)=O)ncn1. The zero-order chi connectivity index (χ0) is 14.4. The Bertz CT molecular complexity index is 601. The molecular formula is C14H16N4O2. The molecule has 0 unspecified atom stereocenters. The fraction of sp³-hybridized carbons (Fsp3) is 0.214. The summed E-state index contributed by atoms with van der Waals surface area (Å²) < 4.78 is 5.60. The van der Waals surface area contributed by atoms with Gasteiger partial charge in [0, 0.05) is 12.6 Å². The van der Waals surface area contributed by atoms with Crippen LogP contribution in [0.1, 0.15) is 23.7 Å². The van der Waals surface area contributed by atoms with Crippen LogP contribution in [0.4, 0.5) is 5.82 Å². The summed E-state index contributed by atoms with van der Waals surface area (Å²) in [7, 11) is 0. The lowest BCUT2D eigenvalue weighted by atomic mass is 10.2. The Hall–Kier alpha value is -2.63. The number of hydrogen-bond acceptors (Lipinski definition) is 5. The Labute approximate surface area is 117 Å². The number of primary amides is 1. The predicted molar refractivity (Wildman–Crippen MR) is 75.8 cm³/mol. The van der Waals surface area contributed by atoms with E-state index < -0.39 is 5.91 Å². The van der Waals surface area contributed by atoms with Gasteiger partial charge in [-0.3, -0.25) is 4.79 Å². The number of aromatic nitrogens is 2. The average Bonchev–Trinajstić information content (AvgIpc) is 2.46. The van der Waals surface area contributed by atoms with Crippen LogP contribution in [-0.2, 0) is 0 Å². The van der Waals surface area contributed by atoms with Crippen molar-refractivity contribution >= 4 is 11.7 Å². The van der Waals surface area contributed by atoms with E-state index in [2.05, 4.69) is 22.2 Å². The maximum atomic E-state index is 11.3. The van der Waals surface area contributed by atoms with Crippen LogP contribution in [0.2, 0.25) is 0 Å². The van der Waals surface area contributed by atoms with Gasteiger partial charge in [-0.25, -0.2) is 9.97 Å². The van der Waals surface area contributed by atoms with Gasteiger partial charge >= 0.3 is 0 Å². The van der Waals surface area contributed by atoms with Gasteiger partial charge in [0.1, 0.15) is 17.9 Å². The molecule has 0 aliphatic carbocycles. The molecule has 104 valence electrons. The molecule has 2 aromatic rings. The van der Waals surface area contributed by atoms with Crippen LogP contribution < -0.4 is 15.8 Å². The third-order valence-corrected chi connectivity index (χ3v) is 2.57. The van der Waals surface area contributed by atoms with Crippen LogP contribution >= 0.6 is 0 Å². The van der Waals surface area contributed by atoms with E-state index >= 15 is 0 Å². The van der Waals surface area contributed by atoms with Gasteiger partial charge in [0.25, 0.3) is 5.91 Å². The van der Waals surface area contributed by atoms with Crippen molar-refractivity contribution in [1.29, 1.82) is 0 Å². The highest BCUT2D eigenvalue weighted by molar-refractivity contribution is 5.95. The fourth-order valence-corrected chi connectivity index (χ4v) is 1.62. The highest BCUT2D eigenvalue weighted by Gasteiger charge is 2.10. The van der Waals surface area contributed by atoms with E-state index in [0.717, 1.165) is 13.0 Å². The van der Waals surface area contributed by atoms with Crippen LogP contribution in [-0.4, -0.2) is 22.4 Å². The van der Waals surface area contributed by atoms with E-state index in [1.54, 1.807) is 30.3 Å². The maximum absolute atomic E-state index is 11.3. The molecule has 0 radical (unpaired) electrons. The quantitative estimate of drug-likeness (QED) is 0.841. The summed E-state index contributed by atoms with van der Waals surface area (Å²) in [6, 6.07) is 8.43. The van der Waals surface area contributed by atoms with Crippen molar-refractivity contribution in [3.8, 4) is 11.6 Å². The smallest absolute Gasteiger partial charge is 0.252 e. The van der Waals surface area contributed by atoms with Crippen molar-refractivity contribution in [1.82, 2.24) is 9.97 Å². The molecule has 0 saturated carbocycles. The van der Waals surface area contributed by atoms with E-state index in [9.17, 15) is 4.79 Å². The maximum Gasteiger partial charge on any atom is 0.252 e. The molecule has 3 N–H and O–H groups in total. The topological polar surface area (TPSA) is 90.1 Å². The largest absolute Gasteiger partial charge is 0.438 e. The van der Waals surface area contributed by atoms with Gasteiger partial charge in [0.15, 0.2) is 0 Å². The number of ether oxygens (including phenoxy) is 1. The number of nitrogens with zero attached hydrogens (tertiary/aromatic N) is 2. The standard InChI is InChI=1S/C14H16N4O2/c1-2-7-16-12-8-13(18-9-17-12)20-11-6-4-3-5-10(11)14(15)19/h3-6,8-9H,2,7H2,1H3,(H2,15,19)(H,16,17,18). The fourth-order valence-electron chi connectivity index (χ4n) is 1.62. The summed E-state index contributed by atoms with van der Waals surface area (Å²) in [5, 5.41) is 3.14. The van der Waals surface area contributed by atoms with Crippen molar-refractivity contribution in [2.24, 2.45) is 5.73 Å². The molecule has 1 heterocycles. The van der Waals surface area contributed by atoms with Gasteiger partial charge < -0.3 is 15.8 Å². The van der Waals surface area contributed by atoms with Crippen molar-refractivity contribution < 1.29 is 9.53 Å². The molecule has 1 amide bonds. The molecule has 6 heteroatoms. The third-order valence-electron chi connectivity index (χ3n) is 2.57. The van der Waals surface area contributed by atoms with E-state index in [0.29, 0.717) is 23.0 Å². The summed E-state index contributed by atoms with van der Waals surface area (Å²) in [6.45, 7) is 2.88. The second-order valence-corrected chi connectivity index (χ2v) is 4.13. The van der Waals surface area contributed by atoms with Crippen molar-refractivity contribution in [2.75, 3.05) is 11.9 Å². The second kappa shape index (κ2) is 6.51. The van der Waals surface area contributed by atoms with Crippen molar-refractivity contribution in [3.63, 3.8) is 0 Å². The lowest BCUT2D eigenvalue weighted by Crippen LogP contribution is -2.12. The molecule has 6 nitrogen and oxygen atoms in total. The van der Waals surface area contributed by atoms with Gasteiger partial charge in [-0.2, -0.15) is 0 Å². The van der Waals surface area contributed by atoms with Crippen molar-refractivity contribution in [3.05, 3.63) is 42.2 Å². The average molecular weight is 272 g/mol. The van der Waals surface area contributed by atoms with Gasteiger partial charge in [-0.05, 0) is 18.6 Å². The van der Waals surface area contributed by atoms with Crippen LogP contribution in [0, 0.1) is 0 Å². The zero-order valence-corrected chi connectivity index (χ0v) is 11.2. The second-order valence-electron chi connectivity index (χ2n) is 4.13. The van der Waals surface area contributed by atoms with Crippen LogP contribution in [0.5, 0.6) is 11.6 Å². The number of benzene rings is 1. The minimum atomic E-state index is -0.543. The molecule has 0 aliphatic rings. The Morgan fingerprint density at radius 2 is 2.15 bits per heavy atom. The molecule has 1 aromatic carbocycles. The Morgan fingerprint density at radius 3 is 2.90 bits per heavy atom. The molecule has 20 heavy (non-hydrogen) atoms. The van der Waals surface area contributed by atoms with E-state index in [4.69, 9.17) is 10.5 Å². The first-order chi connectivity index (χ1) is 9.70. The van der Waals surface area contributed by atoms with Gasteiger partial charge in [0.05, 0.1) is 5.56 Å².